The molecule has 2 aromatic carbocycles. The number of halogens is 2. The van der Waals surface area contributed by atoms with Crippen LogP contribution in [0.5, 0.6) is 0 Å². The van der Waals surface area contributed by atoms with E-state index in [1.165, 1.54) is 6.07 Å². The lowest BCUT2D eigenvalue weighted by Gasteiger charge is -2.02. The lowest BCUT2D eigenvalue weighted by atomic mass is 10.2. The molecule has 0 fully saturated rings. The fraction of sp³-hybridized carbons (Fsp3) is 0.0714. The number of thiazole rings is 1. The third-order valence-electron chi connectivity index (χ3n) is 2.75. The average Bonchev–Trinajstić information content (AvgIpc) is 2.81. The number of nitrogens with two attached hydrogens (primary N) is 1. The van der Waals surface area contributed by atoms with Gasteiger partial charge in [-0.2, -0.15) is 0 Å². The zero-order valence-corrected chi connectivity index (χ0v) is 13.5. The van der Waals surface area contributed by atoms with Gasteiger partial charge in [0.15, 0.2) is 4.34 Å². The summed E-state index contributed by atoms with van der Waals surface area (Å²) in [6.07, 6.45) is 0. The van der Waals surface area contributed by atoms with Gasteiger partial charge in [0.2, 0.25) is 0 Å². The summed E-state index contributed by atoms with van der Waals surface area (Å²) in [5, 5.41) is 0. The molecule has 0 spiro atoms. The Bertz CT molecular complexity index is 773. The van der Waals surface area contributed by atoms with Crippen LogP contribution < -0.4 is 5.73 Å². The van der Waals surface area contributed by atoms with E-state index in [1.807, 2.05) is 18.2 Å². The number of benzene rings is 2. The molecule has 0 atom stereocenters. The number of nitrogens with zero attached hydrogens (tertiary/aromatic N) is 1. The maximum atomic E-state index is 13.2. The number of aromatic nitrogens is 1. The number of thioether (sulfide) groups is 1. The van der Waals surface area contributed by atoms with Crippen LogP contribution in [-0.4, -0.2) is 4.98 Å². The topological polar surface area (TPSA) is 38.9 Å². The first-order valence-electron chi connectivity index (χ1n) is 5.84. The van der Waals surface area contributed by atoms with Crippen LogP contribution in [0.3, 0.4) is 0 Å². The number of rotatable bonds is 3. The van der Waals surface area contributed by atoms with Crippen molar-refractivity contribution < 1.29 is 4.39 Å². The fourth-order valence-corrected chi connectivity index (χ4v) is 4.46. The summed E-state index contributed by atoms with van der Waals surface area (Å²) in [7, 11) is 0. The Balaban J connectivity index is 1.81. The van der Waals surface area contributed by atoms with Crippen LogP contribution in [0.2, 0.25) is 0 Å². The van der Waals surface area contributed by atoms with Crippen LogP contribution >= 0.6 is 39.0 Å². The summed E-state index contributed by atoms with van der Waals surface area (Å²) in [5.41, 5.74) is 8.37. The number of hydrogen-bond acceptors (Lipinski definition) is 4. The molecule has 6 heteroatoms. The van der Waals surface area contributed by atoms with Crippen molar-refractivity contribution in [3.63, 3.8) is 0 Å². The Kier molecular flexibility index (Phi) is 3.96. The Hall–Kier alpha value is -1.11. The number of fused-ring (bicyclic) bond motifs is 1. The molecule has 0 radical (unpaired) electrons. The Morgan fingerprint density at radius 3 is 2.95 bits per heavy atom. The molecule has 0 saturated carbocycles. The average molecular weight is 369 g/mol. The highest BCUT2D eigenvalue weighted by Crippen LogP contribution is 2.33. The highest BCUT2D eigenvalue weighted by Gasteiger charge is 2.07. The van der Waals surface area contributed by atoms with E-state index in [0.29, 0.717) is 5.75 Å². The smallest absolute Gasteiger partial charge is 0.151 e. The Morgan fingerprint density at radius 1 is 1.25 bits per heavy atom. The van der Waals surface area contributed by atoms with E-state index < -0.39 is 0 Å². The van der Waals surface area contributed by atoms with Crippen LogP contribution in [0, 0.1) is 5.82 Å². The van der Waals surface area contributed by atoms with Gasteiger partial charge in [0.05, 0.1) is 10.2 Å². The molecule has 0 unspecified atom stereocenters. The summed E-state index contributed by atoms with van der Waals surface area (Å²) in [6.45, 7) is 0. The zero-order valence-electron chi connectivity index (χ0n) is 10.3. The van der Waals surface area contributed by atoms with E-state index in [4.69, 9.17) is 5.73 Å². The van der Waals surface area contributed by atoms with Gasteiger partial charge in [0.1, 0.15) is 5.82 Å². The number of hydrogen-bond donors (Lipinski definition) is 1. The molecule has 3 aromatic rings. The number of nitrogen functional groups attached to an aromatic ring is 1. The highest BCUT2D eigenvalue weighted by molar-refractivity contribution is 9.10. The first-order chi connectivity index (χ1) is 9.61. The molecule has 0 aliphatic rings. The van der Waals surface area contributed by atoms with E-state index in [-0.39, 0.29) is 5.82 Å². The first-order valence-corrected chi connectivity index (χ1v) is 8.44. The molecule has 2 nitrogen and oxygen atoms in total. The SMILES string of the molecule is Nc1ccc2nc(SCc3cc(F)ccc3Br)sc2c1. The normalized spacial score (nSPS) is 11.1. The first kappa shape index (κ1) is 13.9. The summed E-state index contributed by atoms with van der Waals surface area (Å²) in [5.74, 6) is 0.453. The van der Waals surface area contributed by atoms with Crippen molar-refractivity contribution in [3.05, 3.63) is 52.3 Å². The lowest BCUT2D eigenvalue weighted by molar-refractivity contribution is 0.626. The van der Waals surface area contributed by atoms with Gasteiger partial charge < -0.3 is 5.73 Å². The highest BCUT2D eigenvalue weighted by atomic mass is 79.9. The van der Waals surface area contributed by atoms with Crippen molar-refractivity contribution in [1.82, 2.24) is 4.98 Å². The van der Waals surface area contributed by atoms with E-state index in [2.05, 4.69) is 20.9 Å². The molecule has 0 bridgehead atoms. The molecule has 0 aliphatic carbocycles. The van der Waals surface area contributed by atoms with Gasteiger partial charge in [-0.25, -0.2) is 9.37 Å². The largest absolute Gasteiger partial charge is 0.399 e. The minimum absolute atomic E-state index is 0.221. The maximum absolute atomic E-state index is 13.2. The van der Waals surface area contributed by atoms with Gasteiger partial charge in [-0.05, 0) is 42.0 Å². The van der Waals surface area contributed by atoms with Gasteiger partial charge >= 0.3 is 0 Å². The summed E-state index contributed by atoms with van der Waals surface area (Å²) in [6, 6.07) is 10.4. The molecule has 2 N–H and O–H groups in total. The van der Waals surface area contributed by atoms with Crippen LogP contribution in [-0.2, 0) is 5.75 Å². The van der Waals surface area contributed by atoms with Crippen molar-refractivity contribution in [3.8, 4) is 0 Å². The van der Waals surface area contributed by atoms with Gasteiger partial charge in [0, 0.05) is 15.9 Å². The van der Waals surface area contributed by atoms with E-state index in [9.17, 15) is 4.39 Å². The van der Waals surface area contributed by atoms with Crippen LogP contribution in [0.1, 0.15) is 5.56 Å². The van der Waals surface area contributed by atoms with Crippen molar-refractivity contribution in [2.24, 2.45) is 0 Å². The van der Waals surface area contributed by atoms with Gasteiger partial charge in [-0.15, -0.1) is 11.3 Å². The predicted octanol–water partition coefficient (Wildman–Crippen LogP) is 5.07. The van der Waals surface area contributed by atoms with Gasteiger partial charge in [0.25, 0.3) is 0 Å². The second kappa shape index (κ2) is 5.71. The third kappa shape index (κ3) is 2.97. The standard InChI is InChI=1S/C14H10BrFN2S2/c15-11-3-1-9(16)5-8(11)7-19-14-18-12-4-2-10(17)6-13(12)20-14/h1-6H,7,17H2. The summed E-state index contributed by atoms with van der Waals surface area (Å²) < 4.78 is 16.2. The van der Waals surface area contributed by atoms with Crippen molar-refractivity contribution in [2.45, 2.75) is 10.1 Å². The monoisotopic (exact) mass is 368 g/mol. The molecule has 0 aliphatic heterocycles. The van der Waals surface area contributed by atoms with Crippen LogP contribution in [0.4, 0.5) is 10.1 Å². The van der Waals surface area contributed by atoms with Gasteiger partial charge in [-0.1, -0.05) is 27.7 Å². The molecule has 0 saturated heterocycles. The van der Waals surface area contributed by atoms with E-state index in [0.717, 1.165) is 30.3 Å². The molecule has 20 heavy (non-hydrogen) atoms. The van der Waals surface area contributed by atoms with Crippen LogP contribution in [0.15, 0.2) is 45.2 Å². The summed E-state index contributed by atoms with van der Waals surface area (Å²) >= 11 is 6.64. The van der Waals surface area contributed by atoms with E-state index >= 15 is 0 Å². The Morgan fingerprint density at radius 2 is 2.10 bits per heavy atom. The fourth-order valence-electron chi connectivity index (χ4n) is 1.78. The van der Waals surface area contributed by atoms with Gasteiger partial charge in [-0.3, -0.25) is 0 Å². The second-order valence-corrected chi connectivity index (χ2v) is 7.34. The van der Waals surface area contributed by atoms with Crippen molar-refractivity contribution in [1.29, 1.82) is 0 Å². The quantitative estimate of drug-likeness (QED) is 0.517. The maximum Gasteiger partial charge on any atom is 0.151 e. The molecular formula is C14H10BrFN2S2. The van der Waals surface area contributed by atoms with Crippen molar-refractivity contribution in [2.75, 3.05) is 5.73 Å². The number of anilines is 1. The van der Waals surface area contributed by atoms with Crippen LogP contribution in [0.25, 0.3) is 10.2 Å². The minimum atomic E-state index is -0.221. The Labute approximate surface area is 132 Å². The minimum Gasteiger partial charge on any atom is -0.399 e. The molecule has 1 aromatic heterocycles. The van der Waals surface area contributed by atoms with Crippen molar-refractivity contribution >= 4 is 54.9 Å². The molecule has 3 rings (SSSR count). The third-order valence-corrected chi connectivity index (χ3v) is 5.74. The predicted molar refractivity (Wildman–Crippen MR) is 87.7 cm³/mol. The lowest BCUT2D eigenvalue weighted by Crippen LogP contribution is -1.85. The molecule has 0 amide bonds. The molecule has 102 valence electrons. The second-order valence-electron chi connectivity index (χ2n) is 4.23. The molecule has 1 heterocycles. The molecular weight excluding hydrogens is 359 g/mol. The van der Waals surface area contributed by atoms with E-state index in [1.54, 1.807) is 35.2 Å². The summed E-state index contributed by atoms with van der Waals surface area (Å²) in [4.78, 5) is 4.54. The zero-order chi connectivity index (χ0) is 14.1.